The Labute approximate surface area is 131 Å². The molecule has 1 aromatic rings. The monoisotopic (exact) mass is 307 g/mol. The zero-order chi connectivity index (χ0) is 15.5. The molecule has 0 bridgehead atoms. The topological polar surface area (TPSA) is 73.8 Å². The van der Waals surface area contributed by atoms with Crippen LogP contribution in [-0.2, 0) is 4.74 Å². The van der Waals surface area contributed by atoms with Gasteiger partial charge in [-0.2, -0.15) is 0 Å². The van der Waals surface area contributed by atoms with Crippen molar-refractivity contribution in [1.29, 1.82) is 0 Å². The highest BCUT2D eigenvalue weighted by molar-refractivity contribution is 5.49. The van der Waals surface area contributed by atoms with Crippen molar-refractivity contribution >= 4 is 11.6 Å². The number of morpholine rings is 1. The first-order chi connectivity index (χ1) is 10.6. The Morgan fingerprint density at radius 3 is 2.73 bits per heavy atom. The number of aromatic nitrogens is 2. The van der Waals surface area contributed by atoms with Crippen molar-refractivity contribution in [3.63, 3.8) is 0 Å². The standard InChI is InChI=1S/C15H25N5O2/c1-11(2)20-8-12(13(21)9-20)18-14-7-15(17-10-16-14)19-3-5-22-6-4-19/h7,10-13,21H,3-6,8-9H2,1-2H3,(H,16,17,18)/t12-,13-/m0/s1. The largest absolute Gasteiger partial charge is 0.390 e. The van der Waals surface area contributed by atoms with Crippen LogP contribution in [0.3, 0.4) is 0 Å². The van der Waals surface area contributed by atoms with E-state index in [9.17, 15) is 5.11 Å². The number of rotatable bonds is 4. The molecule has 2 saturated heterocycles. The third-order valence-electron chi connectivity index (χ3n) is 4.37. The number of aliphatic hydroxyl groups is 1. The first kappa shape index (κ1) is 15.5. The van der Waals surface area contributed by atoms with Crippen LogP contribution in [0.15, 0.2) is 12.4 Å². The van der Waals surface area contributed by atoms with Crippen molar-refractivity contribution in [3.8, 4) is 0 Å². The van der Waals surface area contributed by atoms with E-state index in [1.54, 1.807) is 6.33 Å². The maximum absolute atomic E-state index is 10.2. The summed E-state index contributed by atoms with van der Waals surface area (Å²) in [5.41, 5.74) is 0. The van der Waals surface area contributed by atoms with Crippen LogP contribution in [0, 0.1) is 0 Å². The van der Waals surface area contributed by atoms with Gasteiger partial charge >= 0.3 is 0 Å². The average molecular weight is 307 g/mol. The van der Waals surface area contributed by atoms with Gasteiger partial charge in [0.1, 0.15) is 18.0 Å². The van der Waals surface area contributed by atoms with Gasteiger partial charge in [-0.05, 0) is 13.8 Å². The predicted octanol–water partition coefficient (Wildman–Crippen LogP) is 0.179. The molecule has 2 N–H and O–H groups in total. The van der Waals surface area contributed by atoms with Crippen LogP contribution in [0.25, 0.3) is 0 Å². The molecule has 7 nitrogen and oxygen atoms in total. The van der Waals surface area contributed by atoms with Gasteiger partial charge in [-0.3, -0.25) is 4.90 Å². The van der Waals surface area contributed by atoms with Gasteiger partial charge in [-0.15, -0.1) is 0 Å². The van der Waals surface area contributed by atoms with Gasteiger partial charge in [-0.25, -0.2) is 9.97 Å². The van der Waals surface area contributed by atoms with Crippen molar-refractivity contribution in [3.05, 3.63) is 12.4 Å². The summed E-state index contributed by atoms with van der Waals surface area (Å²) in [6, 6.07) is 2.40. The molecule has 0 spiro atoms. The lowest BCUT2D eigenvalue weighted by molar-refractivity contribution is 0.122. The maximum atomic E-state index is 10.2. The quantitative estimate of drug-likeness (QED) is 0.822. The average Bonchev–Trinajstić information content (AvgIpc) is 2.90. The molecule has 1 aromatic heterocycles. The Balaban J connectivity index is 1.65. The molecule has 0 aromatic carbocycles. The lowest BCUT2D eigenvalue weighted by Crippen LogP contribution is -2.37. The molecule has 3 heterocycles. The van der Waals surface area contributed by atoms with Crippen LogP contribution in [0.2, 0.25) is 0 Å². The van der Waals surface area contributed by atoms with Crippen LogP contribution in [-0.4, -0.2) is 77.6 Å². The summed E-state index contributed by atoms with van der Waals surface area (Å²) in [6.45, 7) is 9.00. The highest BCUT2D eigenvalue weighted by atomic mass is 16.5. The third-order valence-corrected chi connectivity index (χ3v) is 4.37. The molecule has 2 aliphatic heterocycles. The van der Waals surface area contributed by atoms with Crippen LogP contribution >= 0.6 is 0 Å². The number of likely N-dealkylation sites (tertiary alicyclic amines) is 1. The van der Waals surface area contributed by atoms with Crippen molar-refractivity contribution in [2.24, 2.45) is 0 Å². The Morgan fingerprint density at radius 1 is 1.27 bits per heavy atom. The smallest absolute Gasteiger partial charge is 0.134 e. The third kappa shape index (κ3) is 3.48. The number of β-amino-alcohol motifs (C(OH)–C–C–N with tert-alkyl or cyclic N) is 1. The number of hydrogen-bond donors (Lipinski definition) is 2. The molecule has 2 aliphatic rings. The number of nitrogens with one attached hydrogen (secondary N) is 1. The highest BCUT2D eigenvalue weighted by Crippen LogP contribution is 2.20. The van der Waals surface area contributed by atoms with Gasteiger partial charge in [0, 0.05) is 38.3 Å². The van der Waals surface area contributed by atoms with E-state index in [1.807, 2.05) is 6.07 Å². The Hall–Kier alpha value is -1.44. The molecule has 0 radical (unpaired) electrons. The van der Waals surface area contributed by atoms with Gasteiger partial charge in [0.2, 0.25) is 0 Å². The number of anilines is 2. The zero-order valence-electron chi connectivity index (χ0n) is 13.3. The fourth-order valence-corrected chi connectivity index (χ4v) is 2.96. The van der Waals surface area contributed by atoms with E-state index in [-0.39, 0.29) is 12.1 Å². The summed E-state index contributed by atoms with van der Waals surface area (Å²) in [6.07, 6.45) is 1.21. The summed E-state index contributed by atoms with van der Waals surface area (Å²) in [4.78, 5) is 13.1. The molecule has 0 amide bonds. The van der Waals surface area contributed by atoms with E-state index in [0.717, 1.165) is 44.5 Å². The van der Waals surface area contributed by atoms with E-state index >= 15 is 0 Å². The van der Waals surface area contributed by atoms with Crippen LogP contribution in [0.4, 0.5) is 11.6 Å². The summed E-state index contributed by atoms with van der Waals surface area (Å²) in [5.74, 6) is 1.68. The molecule has 0 aliphatic carbocycles. The van der Waals surface area contributed by atoms with E-state index < -0.39 is 0 Å². The second kappa shape index (κ2) is 6.76. The van der Waals surface area contributed by atoms with Crippen molar-refractivity contribution in [2.75, 3.05) is 49.6 Å². The molecule has 0 saturated carbocycles. The highest BCUT2D eigenvalue weighted by Gasteiger charge is 2.32. The molecule has 2 atom stereocenters. The van der Waals surface area contributed by atoms with E-state index in [4.69, 9.17) is 4.74 Å². The lowest BCUT2D eigenvalue weighted by atomic mass is 10.2. The summed E-state index contributed by atoms with van der Waals surface area (Å²) in [5, 5.41) is 13.6. The van der Waals surface area contributed by atoms with Crippen LogP contribution < -0.4 is 10.2 Å². The SMILES string of the molecule is CC(C)N1C[C@H](Nc2cc(N3CCOCC3)ncn2)[C@@H](O)C1. The molecule has 22 heavy (non-hydrogen) atoms. The van der Waals surface area contributed by atoms with Gasteiger partial charge in [0.15, 0.2) is 0 Å². The minimum atomic E-state index is -0.371. The normalized spacial score (nSPS) is 26.6. The first-order valence-corrected chi connectivity index (χ1v) is 7.97. The summed E-state index contributed by atoms with van der Waals surface area (Å²) >= 11 is 0. The van der Waals surface area contributed by atoms with Crippen LogP contribution in [0.1, 0.15) is 13.8 Å². The van der Waals surface area contributed by atoms with Crippen molar-refractivity contribution in [1.82, 2.24) is 14.9 Å². The van der Waals surface area contributed by atoms with Gasteiger partial charge in [-0.1, -0.05) is 0 Å². The maximum Gasteiger partial charge on any atom is 0.134 e. The molecule has 3 rings (SSSR count). The lowest BCUT2D eigenvalue weighted by Gasteiger charge is -2.28. The van der Waals surface area contributed by atoms with Gasteiger partial charge in [0.05, 0.1) is 25.4 Å². The van der Waals surface area contributed by atoms with E-state index in [1.165, 1.54) is 0 Å². The number of hydrogen-bond acceptors (Lipinski definition) is 7. The van der Waals surface area contributed by atoms with Gasteiger partial charge < -0.3 is 20.1 Å². The van der Waals surface area contributed by atoms with Gasteiger partial charge in [0.25, 0.3) is 0 Å². The first-order valence-electron chi connectivity index (χ1n) is 7.97. The fourth-order valence-electron chi connectivity index (χ4n) is 2.96. The Morgan fingerprint density at radius 2 is 2.05 bits per heavy atom. The summed E-state index contributed by atoms with van der Waals surface area (Å²) in [7, 11) is 0. The number of nitrogens with zero attached hydrogens (tertiary/aromatic N) is 4. The second-order valence-electron chi connectivity index (χ2n) is 6.23. The zero-order valence-corrected chi connectivity index (χ0v) is 13.3. The minimum absolute atomic E-state index is 0.00911. The predicted molar refractivity (Wildman–Crippen MR) is 85.2 cm³/mol. The Kier molecular flexibility index (Phi) is 4.75. The van der Waals surface area contributed by atoms with E-state index in [0.29, 0.717) is 12.6 Å². The minimum Gasteiger partial charge on any atom is -0.390 e. The van der Waals surface area contributed by atoms with Crippen molar-refractivity contribution in [2.45, 2.75) is 32.0 Å². The van der Waals surface area contributed by atoms with E-state index in [2.05, 4.69) is 38.9 Å². The molecule has 122 valence electrons. The second-order valence-corrected chi connectivity index (χ2v) is 6.23. The Bertz CT molecular complexity index is 493. The molecule has 7 heteroatoms. The number of ether oxygens (including phenoxy) is 1. The number of aliphatic hydroxyl groups excluding tert-OH is 1. The molecule has 2 fully saturated rings. The van der Waals surface area contributed by atoms with Crippen molar-refractivity contribution < 1.29 is 9.84 Å². The molecular formula is C15H25N5O2. The molecule has 0 unspecified atom stereocenters. The molecular weight excluding hydrogens is 282 g/mol. The van der Waals surface area contributed by atoms with Crippen LogP contribution in [0.5, 0.6) is 0 Å². The fraction of sp³-hybridized carbons (Fsp3) is 0.733. The summed E-state index contributed by atoms with van der Waals surface area (Å²) < 4.78 is 5.37.